The lowest BCUT2D eigenvalue weighted by atomic mass is 9.78. The fraction of sp³-hybridized carbons (Fsp3) is 0.474. The molecule has 1 fully saturated rings. The van der Waals surface area contributed by atoms with Gasteiger partial charge in [-0.05, 0) is 49.4 Å². The topological polar surface area (TPSA) is 62.4 Å². The molecule has 24 heavy (non-hydrogen) atoms. The average Bonchev–Trinajstić information content (AvgIpc) is 3.03. The third kappa shape index (κ3) is 2.79. The van der Waals surface area contributed by atoms with Gasteiger partial charge in [-0.15, -0.1) is 0 Å². The van der Waals surface area contributed by atoms with E-state index in [1.807, 2.05) is 36.2 Å². The normalized spacial score (nSPS) is 21.2. The molecule has 3 rings (SSSR count). The molecule has 128 valence electrons. The number of piperidine rings is 1. The number of hydrogen-bond acceptors (Lipinski definition) is 3. The zero-order valence-corrected chi connectivity index (χ0v) is 14.3. The lowest BCUT2D eigenvalue weighted by molar-refractivity contribution is -0.149. The van der Waals surface area contributed by atoms with Crippen LogP contribution in [-0.2, 0) is 16.0 Å². The maximum Gasteiger partial charge on any atom is 0.235 e. The van der Waals surface area contributed by atoms with Crippen LogP contribution in [0.4, 0.5) is 0 Å². The number of H-pyrrole nitrogens is 1. The molecule has 1 aromatic heterocycles. The molecular formula is C19H24N2O3. The number of nitrogens with zero attached hydrogens (tertiary/aromatic N) is 1. The second-order valence-corrected chi connectivity index (χ2v) is 6.50. The molecule has 2 heterocycles. The van der Waals surface area contributed by atoms with Gasteiger partial charge in [-0.3, -0.25) is 4.79 Å². The smallest absolute Gasteiger partial charge is 0.235 e. The second kappa shape index (κ2) is 6.67. The van der Waals surface area contributed by atoms with Crippen molar-refractivity contribution in [3.8, 4) is 5.75 Å². The maximum atomic E-state index is 12.7. The molecule has 0 unspecified atom stereocenters. The number of methoxy groups -OCH3 is 1. The monoisotopic (exact) mass is 328 g/mol. The highest BCUT2D eigenvalue weighted by Gasteiger charge is 2.42. The predicted molar refractivity (Wildman–Crippen MR) is 93.2 cm³/mol. The van der Waals surface area contributed by atoms with Crippen LogP contribution < -0.4 is 4.74 Å². The van der Waals surface area contributed by atoms with Gasteiger partial charge >= 0.3 is 0 Å². The van der Waals surface area contributed by atoms with Crippen LogP contribution in [0.25, 0.3) is 10.9 Å². The SMILES string of the molecule is CC[C@@]1(C=O)CCCN(CCc2c[nH]c3ccc(OC)cc23)C1=O. The predicted octanol–water partition coefficient (Wildman–Crippen LogP) is 2.94. The van der Waals surface area contributed by atoms with Gasteiger partial charge in [0.1, 0.15) is 17.5 Å². The van der Waals surface area contributed by atoms with Crippen molar-refractivity contribution < 1.29 is 14.3 Å². The molecule has 1 amide bonds. The molecule has 0 spiro atoms. The van der Waals surface area contributed by atoms with Gasteiger partial charge in [0.05, 0.1) is 7.11 Å². The van der Waals surface area contributed by atoms with Crippen LogP contribution in [0, 0.1) is 5.41 Å². The van der Waals surface area contributed by atoms with Crippen molar-refractivity contribution in [3.05, 3.63) is 30.0 Å². The molecule has 1 saturated heterocycles. The molecule has 0 radical (unpaired) electrons. The van der Waals surface area contributed by atoms with Gasteiger partial charge in [0.2, 0.25) is 5.91 Å². The zero-order valence-electron chi connectivity index (χ0n) is 14.3. The number of fused-ring (bicyclic) bond motifs is 1. The van der Waals surface area contributed by atoms with E-state index in [-0.39, 0.29) is 5.91 Å². The van der Waals surface area contributed by atoms with Crippen LogP contribution >= 0.6 is 0 Å². The average molecular weight is 328 g/mol. The van der Waals surface area contributed by atoms with E-state index >= 15 is 0 Å². The van der Waals surface area contributed by atoms with Gasteiger partial charge in [-0.2, -0.15) is 0 Å². The quantitative estimate of drug-likeness (QED) is 0.655. The molecular weight excluding hydrogens is 304 g/mol. The van der Waals surface area contributed by atoms with Gasteiger partial charge in [0.25, 0.3) is 0 Å². The van der Waals surface area contributed by atoms with Crippen molar-refractivity contribution in [2.75, 3.05) is 20.2 Å². The minimum absolute atomic E-state index is 0.0105. The molecule has 1 N–H and O–H groups in total. The first-order chi connectivity index (χ1) is 11.6. The molecule has 1 aliphatic rings. The number of aromatic nitrogens is 1. The molecule has 1 atom stereocenters. The number of amides is 1. The molecule has 1 aromatic carbocycles. The Hall–Kier alpha value is -2.30. The van der Waals surface area contributed by atoms with E-state index in [2.05, 4.69) is 4.98 Å². The Morgan fingerprint density at radius 3 is 2.96 bits per heavy atom. The van der Waals surface area contributed by atoms with Gasteiger partial charge in [-0.1, -0.05) is 6.92 Å². The number of carbonyl (C=O) groups excluding carboxylic acids is 2. The Morgan fingerprint density at radius 1 is 1.42 bits per heavy atom. The number of carbonyl (C=O) groups is 2. The Kier molecular flexibility index (Phi) is 4.60. The number of aldehydes is 1. The van der Waals surface area contributed by atoms with Crippen LogP contribution in [0.2, 0.25) is 0 Å². The Labute approximate surface area is 142 Å². The first kappa shape index (κ1) is 16.6. The Morgan fingerprint density at radius 2 is 2.25 bits per heavy atom. The van der Waals surface area contributed by atoms with Crippen LogP contribution in [-0.4, -0.2) is 42.3 Å². The van der Waals surface area contributed by atoms with E-state index in [0.717, 1.165) is 47.9 Å². The highest BCUT2D eigenvalue weighted by atomic mass is 16.5. The van der Waals surface area contributed by atoms with Crippen LogP contribution in [0.1, 0.15) is 31.7 Å². The van der Waals surface area contributed by atoms with Gasteiger partial charge in [0.15, 0.2) is 0 Å². The number of aromatic amines is 1. The minimum Gasteiger partial charge on any atom is -0.497 e. The number of benzene rings is 1. The lowest BCUT2D eigenvalue weighted by Gasteiger charge is -2.37. The first-order valence-corrected chi connectivity index (χ1v) is 8.53. The molecule has 0 bridgehead atoms. The fourth-order valence-electron chi connectivity index (χ4n) is 3.59. The highest BCUT2D eigenvalue weighted by molar-refractivity contribution is 5.97. The Bertz CT molecular complexity index is 752. The molecule has 2 aromatic rings. The fourth-order valence-corrected chi connectivity index (χ4v) is 3.59. The lowest BCUT2D eigenvalue weighted by Crippen LogP contribution is -2.50. The summed E-state index contributed by atoms with van der Waals surface area (Å²) in [4.78, 5) is 29.3. The van der Waals surface area contributed by atoms with Crippen LogP contribution in [0.5, 0.6) is 5.75 Å². The third-order valence-corrected chi connectivity index (χ3v) is 5.25. The van der Waals surface area contributed by atoms with E-state index in [1.165, 1.54) is 0 Å². The van der Waals surface area contributed by atoms with Crippen molar-refractivity contribution in [3.63, 3.8) is 0 Å². The minimum atomic E-state index is -0.804. The molecule has 0 saturated carbocycles. The first-order valence-electron chi connectivity index (χ1n) is 8.53. The van der Waals surface area contributed by atoms with E-state index in [4.69, 9.17) is 4.74 Å². The summed E-state index contributed by atoms with van der Waals surface area (Å²) in [6, 6.07) is 5.94. The number of likely N-dealkylation sites (tertiary alicyclic amines) is 1. The summed E-state index contributed by atoms with van der Waals surface area (Å²) in [5.41, 5.74) is 1.42. The van der Waals surface area contributed by atoms with Gasteiger partial charge in [-0.25, -0.2) is 0 Å². The molecule has 0 aliphatic carbocycles. The molecule has 1 aliphatic heterocycles. The maximum absolute atomic E-state index is 12.7. The Balaban J connectivity index is 1.76. The summed E-state index contributed by atoms with van der Waals surface area (Å²) in [5.74, 6) is 0.812. The number of rotatable bonds is 6. The summed E-state index contributed by atoms with van der Waals surface area (Å²) < 4.78 is 5.30. The molecule has 5 nitrogen and oxygen atoms in total. The van der Waals surface area contributed by atoms with E-state index < -0.39 is 5.41 Å². The van der Waals surface area contributed by atoms with Crippen LogP contribution in [0.3, 0.4) is 0 Å². The number of nitrogens with one attached hydrogen (secondary N) is 1. The van der Waals surface area contributed by atoms with Gasteiger partial charge < -0.3 is 19.4 Å². The summed E-state index contributed by atoms with van der Waals surface area (Å²) >= 11 is 0. The third-order valence-electron chi connectivity index (χ3n) is 5.25. The summed E-state index contributed by atoms with van der Waals surface area (Å²) in [6.07, 6.45) is 5.75. The van der Waals surface area contributed by atoms with Gasteiger partial charge in [0, 0.05) is 30.2 Å². The number of hydrogen-bond donors (Lipinski definition) is 1. The summed E-state index contributed by atoms with van der Waals surface area (Å²) in [6.45, 7) is 3.29. The standard InChI is InChI=1S/C19H24N2O3/c1-3-19(13-22)8-4-9-21(18(19)23)10-7-14-12-20-17-6-5-15(24-2)11-16(14)17/h5-6,11-13,20H,3-4,7-10H2,1-2H3/t19-/m0/s1. The summed E-state index contributed by atoms with van der Waals surface area (Å²) in [5, 5.41) is 1.12. The largest absolute Gasteiger partial charge is 0.497 e. The van der Waals surface area contributed by atoms with E-state index in [1.54, 1.807) is 7.11 Å². The second-order valence-electron chi connectivity index (χ2n) is 6.50. The summed E-state index contributed by atoms with van der Waals surface area (Å²) in [7, 11) is 1.66. The van der Waals surface area contributed by atoms with Crippen LogP contribution in [0.15, 0.2) is 24.4 Å². The van der Waals surface area contributed by atoms with Crippen molar-refractivity contribution in [1.82, 2.24) is 9.88 Å². The van der Waals surface area contributed by atoms with Crippen molar-refractivity contribution in [1.29, 1.82) is 0 Å². The van der Waals surface area contributed by atoms with E-state index in [9.17, 15) is 9.59 Å². The van der Waals surface area contributed by atoms with E-state index in [0.29, 0.717) is 19.4 Å². The van der Waals surface area contributed by atoms with Crippen molar-refractivity contribution >= 4 is 23.1 Å². The highest BCUT2D eigenvalue weighted by Crippen LogP contribution is 2.33. The van der Waals surface area contributed by atoms with Crippen molar-refractivity contribution in [2.45, 2.75) is 32.6 Å². The van der Waals surface area contributed by atoms with Crippen molar-refractivity contribution in [2.24, 2.45) is 5.41 Å². The zero-order chi connectivity index (χ0) is 17.2. The molecule has 5 heteroatoms. The number of ether oxygens (including phenoxy) is 1.